The number of nitrogens with one attached hydrogen (secondary N) is 1. The molecule has 0 bridgehead atoms. The molecule has 0 radical (unpaired) electrons. The zero-order valence-electron chi connectivity index (χ0n) is 13.2. The Labute approximate surface area is 133 Å². The molecule has 1 aromatic rings. The third kappa shape index (κ3) is 4.05. The Bertz CT molecular complexity index is 682. The van der Waals surface area contributed by atoms with Crippen molar-refractivity contribution in [1.29, 1.82) is 5.26 Å². The summed E-state index contributed by atoms with van der Waals surface area (Å²) in [5.74, 6) is -2.19. The predicted molar refractivity (Wildman–Crippen MR) is 81.0 cm³/mol. The standard InChI is InChI=1S/C16H18FN3O3/c1-10-8-20(9-16(2,3)23-10)15(22)14(21)19-12-4-5-13(17)11(6-12)7-18/h4-6,10H,8-9H2,1-3H3,(H,19,21)/t10-/m0/s1. The maximum Gasteiger partial charge on any atom is 0.313 e. The molecule has 0 aliphatic carbocycles. The van der Waals surface area contributed by atoms with Crippen molar-refractivity contribution in [2.45, 2.75) is 32.5 Å². The smallest absolute Gasteiger partial charge is 0.313 e. The minimum absolute atomic E-state index is 0.175. The van der Waals surface area contributed by atoms with Gasteiger partial charge in [-0.05, 0) is 39.0 Å². The first kappa shape index (κ1) is 16.9. The average molecular weight is 319 g/mol. The van der Waals surface area contributed by atoms with E-state index < -0.39 is 23.2 Å². The number of benzene rings is 1. The topological polar surface area (TPSA) is 82.4 Å². The first-order valence-electron chi connectivity index (χ1n) is 7.19. The molecule has 7 heteroatoms. The Morgan fingerprint density at radius 1 is 1.48 bits per heavy atom. The van der Waals surface area contributed by atoms with Crippen LogP contribution < -0.4 is 5.32 Å². The van der Waals surface area contributed by atoms with Gasteiger partial charge in [-0.15, -0.1) is 0 Å². The molecule has 1 fully saturated rings. The molecule has 1 N–H and O–H groups in total. The highest BCUT2D eigenvalue weighted by atomic mass is 19.1. The van der Waals surface area contributed by atoms with E-state index in [2.05, 4.69) is 5.32 Å². The minimum Gasteiger partial charge on any atom is -0.369 e. The Kier molecular flexibility index (Phi) is 4.66. The summed E-state index contributed by atoms with van der Waals surface area (Å²) in [7, 11) is 0. The number of morpholine rings is 1. The second-order valence-electron chi connectivity index (χ2n) is 6.13. The number of halogens is 1. The van der Waals surface area contributed by atoms with Gasteiger partial charge >= 0.3 is 11.8 Å². The van der Waals surface area contributed by atoms with E-state index in [4.69, 9.17) is 10.00 Å². The molecular formula is C16H18FN3O3. The van der Waals surface area contributed by atoms with Gasteiger partial charge in [-0.3, -0.25) is 9.59 Å². The van der Waals surface area contributed by atoms with Crippen LogP contribution in [0.4, 0.5) is 10.1 Å². The summed E-state index contributed by atoms with van der Waals surface area (Å²) >= 11 is 0. The van der Waals surface area contributed by atoms with E-state index in [1.807, 2.05) is 20.8 Å². The molecule has 1 atom stereocenters. The van der Waals surface area contributed by atoms with Crippen molar-refractivity contribution in [2.75, 3.05) is 18.4 Å². The Morgan fingerprint density at radius 3 is 2.78 bits per heavy atom. The number of carbonyl (C=O) groups excluding carboxylic acids is 2. The van der Waals surface area contributed by atoms with Crippen LogP contribution in [0.3, 0.4) is 0 Å². The van der Waals surface area contributed by atoms with Crippen molar-refractivity contribution in [3.8, 4) is 6.07 Å². The van der Waals surface area contributed by atoms with E-state index in [0.29, 0.717) is 13.1 Å². The molecule has 0 spiro atoms. The molecular weight excluding hydrogens is 301 g/mol. The minimum atomic E-state index is -0.828. The van der Waals surface area contributed by atoms with Crippen LogP contribution in [-0.4, -0.2) is 41.5 Å². The molecule has 0 unspecified atom stereocenters. The number of rotatable bonds is 1. The fraction of sp³-hybridized carbons (Fsp3) is 0.438. The number of nitriles is 1. The largest absolute Gasteiger partial charge is 0.369 e. The van der Waals surface area contributed by atoms with Gasteiger partial charge in [-0.2, -0.15) is 5.26 Å². The SMILES string of the molecule is C[C@H]1CN(C(=O)C(=O)Nc2ccc(F)c(C#N)c2)CC(C)(C)O1. The summed E-state index contributed by atoms with van der Waals surface area (Å²) < 4.78 is 19.0. The summed E-state index contributed by atoms with van der Waals surface area (Å²) in [6, 6.07) is 5.23. The van der Waals surface area contributed by atoms with Crippen LogP contribution in [0.25, 0.3) is 0 Å². The third-order valence-electron chi connectivity index (χ3n) is 3.40. The van der Waals surface area contributed by atoms with Crippen molar-refractivity contribution in [3.05, 3.63) is 29.6 Å². The average Bonchev–Trinajstić information content (AvgIpc) is 2.46. The lowest BCUT2D eigenvalue weighted by molar-refractivity contribution is -0.161. The zero-order chi connectivity index (χ0) is 17.2. The van der Waals surface area contributed by atoms with Gasteiger partial charge in [0, 0.05) is 18.8 Å². The Morgan fingerprint density at radius 2 is 2.17 bits per heavy atom. The lowest BCUT2D eigenvalue weighted by Crippen LogP contribution is -2.56. The molecule has 1 aromatic carbocycles. The normalized spacial score (nSPS) is 19.8. The van der Waals surface area contributed by atoms with Gasteiger partial charge in [0.1, 0.15) is 11.9 Å². The number of amides is 2. The van der Waals surface area contributed by atoms with Crippen LogP contribution in [0, 0.1) is 17.1 Å². The van der Waals surface area contributed by atoms with E-state index in [0.717, 1.165) is 6.07 Å². The molecule has 2 amide bonds. The molecule has 1 aliphatic rings. The maximum atomic E-state index is 13.3. The first-order valence-corrected chi connectivity index (χ1v) is 7.19. The highest BCUT2D eigenvalue weighted by Gasteiger charge is 2.35. The third-order valence-corrected chi connectivity index (χ3v) is 3.40. The summed E-state index contributed by atoms with van der Waals surface area (Å²) in [6.45, 7) is 6.15. The van der Waals surface area contributed by atoms with Gasteiger partial charge in [-0.25, -0.2) is 4.39 Å². The molecule has 1 aliphatic heterocycles. The molecule has 1 saturated heterocycles. The van der Waals surface area contributed by atoms with Gasteiger partial charge in [0.2, 0.25) is 0 Å². The van der Waals surface area contributed by atoms with Crippen LogP contribution in [-0.2, 0) is 14.3 Å². The van der Waals surface area contributed by atoms with Gasteiger partial charge < -0.3 is 15.0 Å². The Balaban J connectivity index is 2.09. The zero-order valence-corrected chi connectivity index (χ0v) is 13.2. The van der Waals surface area contributed by atoms with Crippen molar-refractivity contribution in [3.63, 3.8) is 0 Å². The number of hydrogen-bond acceptors (Lipinski definition) is 4. The lowest BCUT2D eigenvalue weighted by atomic mass is 10.1. The van der Waals surface area contributed by atoms with Crippen molar-refractivity contribution in [1.82, 2.24) is 4.90 Å². The van der Waals surface area contributed by atoms with E-state index >= 15 is 0 Å². The quantitative estimate of drug-likeness (QED) is 0.798. The Hall–Kier alpha value is -2.46. The summed E-state index contributed by atoms with van der Waals surface area (Å²) in [5, 5.41) is 11.2. The number of carbonyl (C=O) groups is 2. The number of anilines is 1. The first-order chi connectivity index (χ1) is 10.7. The summed E-state index contributed by atoms with van der Waals surface area (Å²) in [5.41, 5.74) is -0.532. The fourth-order valence-corrected chi connectivity index (χ4v) is 2.63. The monoisotopic (exact) mass is 319 g/mol. The van der Waals surface area contributed by atoms with Crippen LogP contribution >= 0.6 is 0 Å². The van der Waals surface area contributed by atoms with Gasteiger partial charge in [0.05, 0.1) is 17.3 Å². The number of ether oxygens (including phenoxy) is 1. The van der Waals surface area contributed by atoms with E-state index in [-0.39, 0.29) is 17.4 Å². The van der Waals surface area contributed by atoms with Crippen molar-refractivity contribution < 1.29 is 18.7 Å². The highest BCUT2D eigenvalue weighted by Crippen LogP contribution is 2.21. The number of nitrogens with zero attached hydrogens (tertiary/aromatic N) is 2. The van der Waals surface area contributed by atoms with E-state index in [1.165, 1.54) is 17.0 Å². The van der Waals surface area contributed by atoms with Crippen LogP contribution in [0.15, 0.2) is 18.2 Å². The summed E-state index contributed by atoms with van der Waals surface area (Å²) in [6.07, 6.45) is -0.175. The van der Waals surface area contributed by atoms with Gasteiger partial charge in [-0.1, -0.05) is 0 Å². The van der Waals surface area contributed by atoms with E-state index in [9.17, 15) is 14.0 Å². The van der Waals surface area contributed by atoms with Crippen LogP contribution in [0.1, 0.15) is 26.3 Å². The highest BCUT2D eigenvalue weighted by molar-refractivity contribution is 6.39. The molecule has 0 aromatic heterocycles. The molecule has 1 heterocycles. The van der Waals surface area contributed by atoms with Crippen molar-refractivity contribution in [2.24, 2.45) is 0 Å². The van der Waals surface area contributed by atoms with Crippen LogP contribution in [0.5, 0.6) is 0 Å². The van der Waals surface area contributed by atoms with Gasteiger partial charge in [0.25, 0.3) is 0 Å². The molecule has 0 saturated carbocycles. The second-order valence-corrected chi connectivity index (χ2v) is 6.13. The molecule has 122 valence electrons. The van der Waals surface area contributed by atoms with Crippen LogP contribution in [0.2, 0.25) is 0 Å². The molecule has 2 rings (SSSR count). The maximum absolute atomic E-state index is 13.3. The molecule has 23 heavy (non-hydrogen) atoms. The molecule has 6 nitrogen and oxygen atoms in total. The second kappa shape index (κ2) is 6.34. The predicted octanol–water partition coefficient (Wildman–Crippen LogP) is 1.66. The van der Waals surface area contributed by atoms with Gasteiger partial charge in [0.15, 0.2) is 0 Å². The lowest BCUT2D eigenvalue weighted by Gasteiger charge is -2.41. The fourth-order valence-electron chi connectivity index (χ4n) is 2.63. The van der Waals surface area contributed by atoms with E-state index in [1.54, 1.807) is 6.07 Å². The number of hydrogen-bond donors (Lipinski definition) is 1. The summed E-state index contributed by atoms with van der Waals surface area (Å²) in [4.78, 5) is 25.8. The van der Waals surface area contributed by atoms with Crippen molar-refractivity contribution >= 4 is 17.5 Å².